The van der Waals surface area contributed by atoms with Crippen LogP contribution in [0.15, 0.2) is 41.3 Å². The molecule has 0 aliphatic carbocycles. The Morgan fingerprint density at radius 3 is 2.31 bits per heavy atom. The number of nitrogens with zero attached hydrogens (tertiary/aromatic N) is 1. The summed E-state index contributed by atoms with van der Waals surface area (Å²) in [6, 6.07) is 10.9. The minimum absolute atomic E-state index is 0.114. The molecule has 2 aromatic carbocycles. The Morgan fingerprint density at radius 2 is 1.66 bits per heavy atom. The van der Waals surface area contributed by atoms with Gasteiger partial charge in [-0.15, -0.1) is 0 Å². The number of aryl methyl sites for hydroxylation is 2. The van der Waals surface area contributed by atoms with Gasteiger partial charge < -0.3 is 15.4 Å². The van der Waals surface area contributed by atoms with Crippen LogP contribution in [-0.4, -0.2) is 44.4 Å². The van der Waals surface area contributed by atoms with Crippen LogP contribution in [0.4, 0.5) is 11.4 Å². The minimum Gasteiger partial charge on any atom is -0.495 e. The van der Waals surface area contributed by atoms with Gasteiger partial charge in [0.1, 0.15) is 16.2 Å². The predicted molar refractivity (Wildman–Crippen MR) is 112 cm³/mol. The molecule has 0 radical (unpaired) electrons. The fourth-order valence-electron chi connectivity index (χ4n) is 3.98. The maximum absolute atomic E-state index is 13.3. The lowest BCUT2D eigenvalue weighted by molar-refractivity contribution is -0.121. The van der Waals surface area contributed by atoms with E-state index in [0.29, 0.717) is 18.6 Å². The number of piperidine rings is 1. The van der Waals surface area contributed by atoms with Gasteiger partial charge in [0, 0.05) is 13.1 Å². The number of anilines is 2. The Labute approximate surface area is 171 Å². The molecule has 0 atom stereocenters. The van der Waals surface area contributed by atoms with Gasteiger partial charge in [-0.2, -0.15) is 4.31 Å². The molecule has 0 aromatic heterocycles. The molecule has 2 heterocycles. The minimum atomic E-state index is -3.73. The molecule has 2 aliphatic rings. The lowest BCUT2D eigenvalue weighted by Gasteiger charge is -2.43. The molecule has 1 amide bonds. The number of para-hydroxylation sites is 2. The summed E-state index contributed by atoms with van der Waals surface area (Å²) in [7, 11) is -2.25. The van der Waals surface area contributed by atoms with Crippen molar-refractivity contribution in [1.82, 2.24) is 4.31 Å². The molecule has 7 nitrogen and oxygen atoms in total. The molecule has 2 aliphatic heterocycles. The number of rotatable bonds is 3. The number of hydrogen-bond donors (Lipinski definition) is 2. The highest BCUT2D eigenvalue weighted by molar-refractivity contribution is 7.89. The first kappa shape index (κ1) is 19.7. The molecular weight excluding hydrogens is 390 g/mol. The van der Waals surface area contributed by atoms with Crippen molar-refractivity contribution in [3.63, 3.8) is 0 Å². The Morgan fingerprint density at radius 1 is 1.03 bits per heavy atom. The number of sulfonamides is 1. The average Bonchev–Trinajstić information content (AvgIpc) is 2.71. The Balaban J connectivity index is 1.59. The number of fused-ring (bicyclic) bond motifs is 1. The maximum atomic E-state index is 13.3. The van der Waals surface area contributed by atoms with Crippen LogP contribution in [0, 0.1) is 13.8 Å². The van der Waals surface area contributed by atoms with Gasteiger partial charge in [-0.05, 0) is 62.1 Å². The molecule has 0 bridgehead atoms. The predicted octanol–water partition coefficient (Wildman–Crippen LogP) is 2.90. The van der Waals surface area contributed by atoms with Gasteiger partial charge in [-0.1, -0.05) is 12.1 Å². The average molecular weight is 416 g/mol. The Hall–Kier alpha value is -2.58. The molecule has 2 aromatic rings. The third kappa shape index (κ3) is 3.26. The summed E-state index contributed by atoms with van der Waals surface area (Å²) >= 11 is 0. The summed E-state index contributed by atoms with van der Waals surface area (Å²) in [5.74, 6) is 0.229. The smallest absolute Gasteiger partial charge is 0.250 e. The highest BCUT2D eigenvalue weighted by Crippen LogP contribution is 2.38. The first-order valence-electron chi connectivity index (χ1n) is 9.61. The molecule has 1 saturated heterocycles. The van der Waals surface area contributed by atoms with E-state index in [-0.39, 0.29) is 23.9 Å². The molecule has 0 saturated carbocycles. The van der Waals surface area contributed by atoms with Crippen molar-refractivity contribution in [3.05, 3.63) is 47.5 Å². The second-order valence-electron chi connectivity index (χ2n) is 7.70. The third-order valence-corrected chi connectivity index (χ3v) is 7.88. The number of methoxy groups -OCH3 is 1. The van der Waals surface area contributed by atoms with Gasteiger partial charge in [0.15, 0.2) is 0 Å². The molecular formula is C21H25N3O4S. The van der Waals surface area contributed by atoms with E-state index in [0.717, 1.165) is 22.5 Å². The van der Waals surface area contributed by atoms with Crippen LogP contribution in [-0.2, 0) is 14.8 Å². The van der Waals surface area contributed by atoms with Crippen LogP contribution in [0.25, 0.3) is 0 Å². The molecule has 1 spiro atoms. The number of benzene rings is 2. The fourth-order valence-corrected chi connectivity index (χ4v) is 5.65. The lowest BCUT2D eigenvalue weighted by atomic mass is 9.85. The van der Waals surface area contributed by atoms with Gasteiger partial charge in [0.2, 0.25) is 15.9 Å². The molecule has 29 heavy (non-hydrogen) atoms. The van der Waals surface area contributed by atoms with E-state index in [4.69, 9.17) is 4.74 Å². The lowest BCUT2D eigenvalue weighted by Crippen LogP contribution is -2.59. The van der Waals surface area contributed by atoms with Crippen LogP contribution >= 0.6 is 0 Å². The topological polar surface area (TPSA) is 87.7 Å². The summed E-state index contributed by atoms with van der Waals surface area (Å²) in [6.07, 6.45) is 0.777. The van der Waals surface area contributed by atoms with Crippen molar-refractivity contribution in [3.8, 4) is 5.75 Å². The molecule has 8 heteroatoms. The van der Waals surface area contributed by atoms with E-state index in [1.807, 2.05) is 38.1 Å². The number of nitrogens with one attached hydrogen (secondary N) is 2. The van der Waals surface area contributed by atoms with Crippen molar-refractivity contribution in [1.29, 1.82) is 0 Å². The SMILES string of the molecule is COc1cc(C)c(C)cc1S(=O)(=O)N1CCC2(CC1)Nc1ccccc1NC2=O. The van der Waals surface area contributed by atoms with Crippen molar-refractivity contribution in [2.24, 2.45) is 0 Å². The summed E-state index contributed by atoms with van der Waals surface area (Å²) in [5, 5.41) is 6.30. The first-order chi connectivity index (χ1) is 13.8. The van der Waals surface area contributed by atoms with Crippen LogP contribution < -0.4 is 15.4 Å². The van der Waals surface area contributed by atoms with Crippen molar-refractivity contribution < 1.29 is 17.9 Å². The van der Waals surface area contributed by atoms with Gasteiger partial charge in [-0.25, -0.2) is 8.42 Å². The normalized spacial score (nSPS) is 18.7. The maximum Gasteiger partial charge on any atom is 0.250 e. The zero-order valence-corrected chi connectivity index (χ0v) is 17.6. The van der Waals surface area contributed by atoms with E-state index in [9.17, 15) is 13.2 Å². The van der Waals surface area contributed by atoms with E-state index in [1.54, 1.807) is 12.1 Å². The summed E-state index contributed by atoms with van der Waals surface area (Å²) < 4.78 is 33.4. The van der Waals surface area contributed by atoms with E-state index < -0.39 is 15.6 Å². The third-order valence-electron chi connectivity index (χ3n) is 5.96. The van der Waals surface area contributed by atoms with E-state index in [2.05, 4.69) is 10.6 Å². The number of carbonyl (C=O) groups excluding carboxylic acids is 1. The van der Waals surface area contributed by atoms with E-state index in [1.165, 1.54) is 11.4 Å². The first-order valence-corrected chi connectivity index (χ1v) is 11.0. The second kappa shape index (κ2) is 7.03. The number of carbonyl (C=O) groups is 1. The molecule has 1 fully saturated rings. The molecule has 0 unspecified atom stereocenters. The van der Waals surface area contributed by atoms with Gasteiger partial charge >= 0.3 is 0 Å². The summed E-state index contributed by atoms with van der Waals surface area (Å²) in [4.78, 5) is 13.0. The van der Waals surface area contributed by atoms with Crippen molar-refractivity contribution in [2.75, 3.05) is 30.8 Å². The summed E-state index contributed by atoms with van der Waals surface area (Å²) in [6.45, 7) is 4.30. The molecule has 2 N–H and O–H groups in total. The Bertz CT molecular complexity index is 1070. The molecule has 154 valence electrons. The standard InChI is InChI=1S/C21H25N3O4S/c1-14-12-18(28-3)19(13-15(14)2)29(26,27)24-10-8-21(9-11-24)20(25)22-16-6-4-5-7-17(16)23-21/h4-7,12-13,23H,8-11H2,1-3H3,(H,22,25). The monoisotopic (exact) mass is 415 g/mol. The van der Waals surface area contributed by atoms with Crippen molar-refractivity contribution >= 4 is 27.3 Å². The van der Waals surface area contributed by atoms with Crippen LogP contribution in [0.5, 0.6) is 5.75 Å². The van der Waals surface area contributed by atoms with Gasteiger partial charge in [0.25, 0.3) is 0 Å². The van der Waals surface area contributed by atoms with Gasteiger partial charge in [-0.3, -0.25) is 4.79 Å². The highest BCUT2D eigenvalue weighted by Gasteiger charge is 2.46. The molecule has 4 rings (SSSR count). The van der Waals surface area contributed by atoms with Crippen LogP contribution in [0.1, 0.15) is 24.0 Å². The fraction of sp³-hybridized carbons (Fsp3) is 0.381. The Kier molecular flexibility index (Phi) is 4.78. The van der Waals surface area contributed by atoms with Crippen molar-refractivity contribution in [2.45, 2.75) is 37.1 Å². The zero-order chi connectivity index (χ0) is 20.8. The van der Waals surface area contributed by atoms with Crippen LogP contribution in [0.2, 0.25) is 0 Å². The highest BCUT2D eigenvalue weighted by atomic mass is 32.2. The van der Waals surface area contributed by atoms with Crippen LogP contribution in [0.3, 0.4) is 0 Å². The summed E-state index contributed by atoms with van der Waals surface area (Å²) in [5.41, 5.74) is 2.67. The second-order valence-corrected chi connectivity index (χ2v) is 9.60. The number of amides is 1. The van der Waals surface area contributed by atoms with Gasteiger partial charge in [0.05, 0.1) is 18.5 Å². The van der Waals surface area contributed by atoms with E-state index >= 15 is 0 Å². The number of hydrogen-bond acceptors (Lipinski definition) is 5. The quantitative estimate of drug-likeness (QED) is 0.805. The zero-order valence-electron chi connectivity index (χ0n) is 16.8. The number of ether oxygens (including phenoxy) is 1. The largest absolute Gasteiger partial charge is 0.495 e.